The highest BCUT2D eigenvalue weighted by Crippen LogP contribution is 2.42. The maximum absolute atomic E-state index is 13.2. The molecule has 0 spiro atoms. The fraction of sp³-hybridized carbons (Fsp3) is 0.424. The Morgan fingerprint density at radius 3 is 1.75 bits per heavy atom. The molecule has 0 aliphatic carbocycles. The van der Waals surface area contributed by atoms with Gasteiger partial charge in [0.25, 0.3) is 0 Å². The number of methoxy groups -OCH3 is 2. The Morgan fingerprint density at radius 1 is 0.775 bits per heavy atom. The monoisotopic (exact) mass is 562 g/mol. The minimum absolute atomic E-state index is 0.103. The van der Waals surface area contributed by atoms with Crippen molar-refractivity contribution in [3.8, 4) is 11.5 Å². The van der Waals surface area contributed by atoms with E-state index in [0.717, 1.165) is 46.3 Å². The highest BCUT2D eigenvalue weighted by molar-refractivity contribution is 6.73. The van der Waals surface area contributed by atoms with Crippen molar-refractivity contribution in [2.75, 3.05) is 27.4 Å². The van der Waals surface area contributed by atoms with E-state index in [9.17, 15) is 4.79 Å². The molecule has 3 aromatic carbocycles. The van der Waals surface area contributed by atoms with E-state index < -0.39 is 26.1 Å². The van der Waals surface area contributed by atoms with Crippen LogP contribution in [0.15, 0.2) is 78.9 Å². The third kappa shape index (κ3) is 6.18. The Hall–Kier alpha value is -2.97. The second kappa shape index (κ2) is 13.6. The summed E-state index contributed by atoms with van der Waals surface area (Å²) in [6.45, 7) is 7.08. The molecule has 2 atom stereocenters. The first kappa shape index (κ1) is 30.0. The molecule has 0 radical (unpaired) electrons. The first-order valence-corrected chi connectivity index (χ1v) is 16.8. The van der Waals surface area contributed by atoms with Crippen LogP contribution in [0.2, 0.25) is 18.1 Å². The van der Waals surface area contributed by atoms with Crippen LogP contribution in [0.4, 0.5) is 0 Å². The lowest BCUT2D eigenvalue weighted by molar-refractivity contribution is -0.156. The molecule has 3 aromatic rings. The molecule has 1 saturated heterocycles. The molecule has 7 heteroatoms. The first-order valence-electron chi connectivity index (χ1n) is 14.3. The maximum Gasteiger partial charge on any atom is 0.193 e. The Balaban J connectivity index is 1.79. The van der Waals surface area contributed by atoms with Gasteiger partial charge in [-0.1, -0.05) is 75.4 Å². The van der Waals surface area contributed by atoms with Gasteiger partial charge in [0.1, 0.15) is 29.3 Å². The Morgan fingerprint density at radius 2 is 1.27 bits per heavy atom. The second-order valence-corrected chi connectivity index (χ2v) is 14.9. The zero-order valence-electron chi connectivity index (χ0n) is 24.4. The van der Waals surface area contributed by atoms with Crippen molar-refractivity contribution in [1.82, 2.24) is 0 Å². The van der Waals surface area contributed by atoms with Crippen molar-refractivity contribution in [3.05, 3.63) is 95.6 Å². The molecule has 0 N–H and O–H groups in total. The lowest BCUT2D eigenvalue weighted by Gasteiger charge is -2.41. The van der Waals surface area contributed by atoms with Gasteiger partial charge >= 0.3 is 0 Å². The van der Waals surface area contributed by atoms with Crippen molar-refractivity contribution in [2.24, 2.45) is 0 Å². The number of carbonyl (C=O) groups excluding carboxylic acids is 1. The molecule has 1 heterocycles. The SMILES string of the molecule is CC[Si](CC)(CC)O[C@H]1C(=O)CCO[C@@H]1COC(c1ccccc1)(c1ccc(OC)cc1)c1ccc(OC)cc1. The number of ketones is 1. The van der Waals surface area contributed by atoms with Crippen molar-refractivity contribution in [2.45, 2.75) is 63.1 Å². The molecular formula is C33H42O6Si. The predicted molar refractivity (Wildman–Crippen MR) is 160 cm³/mol. The summed E-state index contributed by atoms with van der Waals surface area (Å²) in [5.41, 5.74) is 1.85. The maximum atomic E-state index is 13.2. The number of ether oxygens (including phenoxy) is 4. The number of hydrogen-bond acceptors (Lipinski definition) is 6. The zero-order chi connectivity index (χ0) is 28.6. The minimum Gasteiger partial charge on any atom is -0.497 e. The van der Waals surface area contributed by atoms with Gasteiger partial charge in [-0.25, -0.2) is 0 Å². The van der Waals surface area contributed by atoms with E-state index in [0.29, 0.717) is 13.0 Å². The highest BCUT2D eigenvalue weighted by atomic mass is 28.4. The van der Waals surface area contributed by atoms with Crippen molar-refractivity contribution in [1.29, 1.82) is 0 Å². The average Bonchev–Trinajstić information content (AvgIpc) is 3.02. The van der Waals surface area contributed by atoms with Crippen LogP contribution in [0.1, 0.15) is 43.9 Å². The molecule has 0 aromatic heterocycles. The number of Topliss-reactive ketones (excluding diaryl/α,β-unsaturated/α-hetero) is 1. The van der Waals surface area contributed by atoms with Gasteiger partial charge in [-0.15, -0.1) is 0 Å². The normalized spacial score (nSPS) is 18.0. The van der Waals surface area contributed by atoms with Gasteiger partial charge in [-0.2, -0.15) is 0 Å². The predicted octanol–water partition coefficient (Wildman–Crippen LogP) is 6.76. The van der Waals surface area contributed by atoms with Gasteiger partial charge in [0.15, 0.2) is 14.1 Å². The van der Waals surface area contributed by atoms with E-state index in [1.54, 1.807) is 14.2 Å². The summed E-state index contributed by atoms with van der Waals surface area (Å²) in [6.07, 6.45) is -0.762. The number of hydrogen-bond donors (Lipinski definition) is 0. The topological polar surface area (TPSA) is 63.2 Å². The molecule has 214 valence electrons. The van der Waals surface area contributed by atoms with Gasteiger partial charge < -0.3 is 23.4 Å². The van der Waals surface area contributed by atoms with Crippen molar-refractivity contribution >= 4 is 14.1 Å². The third-order valence-electron chi connectivity index (χ3n) is 8.28. The van der Waals surface area contributed by atoms with Gasteiger partial charge in [-0.05, 0) is 59.1 Å². The van der Waals surface area contributed by atoms with Gasteiger partial charge in [0.2, 0.25) is 0 Å². The molecule has 0 bridgehead atoms. The van der Waals surface area contributed by atoms with Crippen LogP contribution in [0.3, 0.4) is 0 Å². The van der Waals surface area contributed by atoms with Crippen LogP contribution in [0.25, 0.3) is 0 Å². The molecular weight excluding hydrogens is 520 g/mol. The summed E-state index contributed by atoms with van der Waals surface area (Å²) in [7, 11) is 1.25. The summed E-state index contributed by atoms with van der Waals surface area (Å²) in [5.74, 6) is 1.62. The van der Waals surface area contributed by atoms with Crippen molar-refractivity contribution in [3.63, 3.8) is 0 Å². The van der Waals surface area contributed by atoms with Crippen LogP contribution in [0, 0.1) is 0 Å². The van der Waals surface area contributed by atoms with Crippen LogP contribution in [-0.4, -0.2) is 53.7 Å². The summed E-state index contributed by atoms with van der Waals surface area (Å²) in [6, 6.07) is 28.9. The summed E-state index contributed by atoms with van der Waals surface area (Å²) < 4.78 is 30.9. The smallest absolute Gasteiger partial charge is 0.193 e. The molecule has 1 fully saturated rings. The lowest BCUT2D eigenvalue weighted by atomic mass is 9.80. The standard InChI is InChI=1S/C33H42O6Si/c1-6-40(7-2,8-3)39-32-30(34)22-23-37-31(32)24-38-33(25-12-10-9-11-13-25,26-14-18-28(35-4)19-15-26)27-16-20-29(36-5)21-17-27/h9-21,31-32H,6-8,22-24H2,1-5H3/t31-,32+/m1/s1. The molecule has 40 heavy (non-hydrogen) atoms. The van der Waals surface area contributed by atoms with Crippen LogP contribution in [-0.2, 0) is 24.3 Å². The molecule has 0 saturated carbocycles. The quantitative estimate of drug-likeness (QED) is 0.169. The largest absolute Gasteiger partial charge is 0.497 e. The van der Waals surface area contributed by atoms with Gasteiger partial charge in [-0.3, -0.25) is 4.79 Å². The summed E-state index contributed by atoms with van der Waals surface area (Å²) in [4.78, 5) is 13.2. The summed E-state index contributed by atoms with van der Waals surface area (Å²) in [5, 5.41) is 0. The molecule has 6 nitrogen and oxygen atoms in total. The van der Waals surface area contributed by atoms with E-state index >= 15 is 0 Å². The molecule has 4 rings (SSSR count). The molecule has 0 unspecified atom stereocenters. The van der Waals surface area contributed by atoms with Crippen molar-refractivity contribution < 1.29 is 28.2 Å². The molecule has 1 aliphatic rings. The van der Waals surface area contributed by atoms with E-state index in [4.69, 9.17) is 23.4 Å². The van der Waals surface area contributed by atoms with Gasteiger partial charge in [0.05, 0.1) is 27.4 Å². The first-order chi connectivity index (χ1) is 19.4. The third-order valence-corrected chi connectivity index (χ3v) is 12.9. The van der Waals surface area contributed by atoms with Crippen LogP contribution in [0.5, 0.6) is 11.5 Å². The van der Waals surface area contributed by atoms with E-state index in [1.807, 2.05) is 66.7 Å². The van der Waals surface area contributed by atoms with Crippen LogP contribution < -0.4 is 9.47 Å². The fourth-order valence-corrected chi connectivity index (χ4v) is 8.40. The molecule has 1 aliphatic heterocycles. The zero-order valence-corrected chi connectivity index (χ0v) is 25.4. The van der Waals surface area contributed by atoms with E-state index in [-0.39, 0.29) is 12.4 Å². The average molecular weight is 563 g/mol. The van der Waals surface area contributed by atoms with Gasteiger partial charge in [0, 0.05) is 6.42 Å². The molecule has 0 amide bonds. The number of benzene rings is 3. The van der Waals surface area contributed by atoms with E-state index in [1.165, 1.54) is 0 Å². The lowest BCUT2D eigenvalue weighted by Crippen LogP contribution is -2.53. The van der Waals surface area contributed by atoms with E-state index in [2.05, 4.69) is 32.9 Å². The Kier molecular flexibility index (Phi) is 10.2. The summed E-state index contributed by atoms with van der Waals surface area (Å²) >= 11 is 0. The van der Waals surface area contributed by atoms with Crippen LogP contribution >= 0.6 is 0 Å². The Labute approximate surface area is 239 Å². The number of carbonyl (C=O) groups is 1. The highest BCUT2D eigenvalue weighted by Gasteiger charge is 2.44. The number of rotatable bonds is 13. The fourth-order valence-electron chi connectivity index (χ4n) is 5.58. The Bertz CT molecular complexity index is 1150. The minimum atomic E-state index is -2.06. The second-order valence-electron chi connectivity index (χ2n) is 10.2.